The van der Waals surface area contributed by atoms with Gasteiger partial charge in [-0.2, -0.15) is 0 Å². The molecule has 0 aromatic carbocycles. The number of aliphatic carboxylic acids is 1. The van der Waals surface area contributed by atoms with Gasteiger partial charge in [-0.1, -0.05) is 11.8 Å². The molecular formula is C11H17N5O4S. The van der Waals surface area contributed by atoms with E-state index in [4.69, 9.17) is 5.11 Å². The van der Waals surface area contributed by atoms with Crippen LogP contribution in [0.2, 0.25) is 0 Å². The van der Waals surface area contributed by atoms with E-state index in [1.807, 2.05) is 0 Å². The van der Waals surface area contributed by atoms with Gasteiger partial charge < -0.3 is 15.5 Å². The van der Waals surface area contributed by atoms with Gasteiger partial charge in [0.05, 0.1) is 23.8 Å². The number of tetrazole rings is 1. The molecule has 0 aliphatic heterocycles. The SMILES string of the molecule is CC(O)(CNC(=O)CSc1nnnn1C1CC1)CC(=O)O. The van der Waals surface area contributed by atoms with E-state index >= 15 is 0 Å². The summed E-state index contributed by atoms with van der Waals surface area (Å²) in [7, 11) is 0. The van der Waals surface area contributed by atoms with Gasteiger partial charge in [0.25, 0.3) is 0 Å². The first-order chi connectivity index (χ1) is 9.87. The number of amides is 1. The van der Waals surface area contributed by atoms with Crippen LogP contribution in [0.1, 0.15) is 32.2 Å². The van der Waals surface area contributed by atoms with Gasteiger partial charge in [-0.25, -0.2) is 4.68 Å². The second-order valence-electron chi connectivity index (χ2n) is 5.27. The van der Waals surface area contributed by atoms with Gasteiger partial charge in [0.1, 0.15) is 0 Å². The molecule has 1 aromatic heterocycles. The minimum Gasteiger partial charge on any atom is -0.481 e. The van der Waals surface area contributed by atoms with Crippen LogP contribution in [0.4, 0.5) is 0 Å². The minimum atomic E-state index is -1.47. The molecule has 116 valence electrons. The molecule has 1 aliphatic rings. The lowest BCUT2D eigenvalue weighted by atomic mass is 10.0. The monoisotopic (exact) mass is 315 g/mol. The van der Waals surface area contributed by atoms with Crippen LogP contribution in [0.25, 0.3) is 0 Å². The Labute approximate surface area is 125 Å². The molecule has 1 aromatic rings. The molecule has 9 nitrogen and oxygen atoms in total. The maximum Gasteiger partial charge on any atom is 0.306 e. The van der Waals surface area contributed by atoms with Crippen molar-refractivity contribution >= 4 is 23.6 Å². The molecule has 0 radical (unpaired) electrons. The molecule has 0 bridgehead atoms. The van der Waals surface area contributed by atoms with Crippen LogP contribution in [0.3, 0.4) is 0 Å². The van der Waals surface area contributed by atoms with E-state index in [2.05, 4.69) is 20.8 Å². The molecule has 0 spiro atoms. The van der Waals surface area contributed by atoms with Crippen molar-refractivity contribution in [3.8, 4) is 0 Å². The third kappa shape index (κ3) is 4.97. The predicted octanol–water partition coefficient (Wildman–Crippen LogP) is -0.558. The Morgan fingerprint density at radius 3 is 2.86 bits per heavy atom. The Kier molecular flexibility index (Phi) is 4.78. The summed E-state index contributed by atoms with van der Waals surface area (Å²) in [6.07, 6.45) is 1.66. The van der Waals surface area contributed by atoms with Gasteiger partial charge in [-0.05, 0) is 30.2 Å². The zero-order valence-electron chi connectivity index (χ0n) is 11.5. The predicted molar refractivity (Wildman–Crippen MR) is 72.7 cm³/mol. The van der Waals surface area contributed by atoms with Crippen molar-refractivity contribution in [1.82, 2.24) is 25.5 Å². The summed E-state index contributed by atoms with van der Waals surface area (Å²) in [5.74, 6) is -1.32. The van der Waals surface area contributed by atoms with Gasteiger partial charge >= 0.3 is 5.97 Å². The Morgan fingerprint density at radius 2 is 2.24 bits per heavy atom. The fourth-order valence-electron chi connectivity index (χ4n) is 1.69. The zero-order chi connectivity index (χ0) is 15.5. The average Bonchev–Trinajstić information content (AvgIpc) is 3.12. The molecule has 1 aliphatic carbocycles. The molecule has 1 heterocycles. The van der Waals surface area contributed by atoms with Crippen molar-refractivity contribution in [2.45, 2.75) is 43.0 Å². The third-order valence-electron chi connectivity index (χ3n) is 2.89. The van der Waals surface area contributed by atoms with E-state index in [1.165, 1.54) is 18.7 Å². The molecule has 21 heavy (non-hydrogen) atoms. The maximum atomic E-state index is 11.7. The van der Waals surface area contributed by atoms with Crippen LogP contribution in [-0.2, 0) is 9.59 Å². The van der Waals surface area contributed by atoms with E-state index in [1.54, 1.807) is 4.68 Å². The second-order valence-corrected chi connectivity index (χ2v) is 6.21. The molecular weight excluding hydrogens is 298 g/mol. The Bertz CT molecular complexity index is 528. The average molecular weight is 315 g/mol. The van der Waals surface area contributed by atoms with Crippen LogP contribution < -0.4 is 5.32 Å². The number of nitrogens with zero attached hydrogens (tertiary/aromatic N) is 4. The fraction of sp³-hybridized carbons (Fsp3) is 0.727. The van der Waals surface area contributed by atoms with Crippen molar-refractivity contribution < 1.29 is 19.8 Å². The number of thioether (sulfide) groups is 1. The van der Waals surface area contributed by atoms with Crippen molar-refractivity contribution in [3.05, 3.63) is 0 Å². The van der Waals surface area contributed by atoms with Crippen LogP contribution in [0, 0.1) is 0 Å². The van der Waals surface area contributed by atoms with E-state index in [-0.39, 0.29) is 18.2 Å². The first-order valence-electron chi connectivity index (χ1n) is 6.49. The Hall–Kier alpha value is -1.68. The molecule has 0 saturated heterocycles. The number of carboxylic acids is 1. The second kappa shape index (κ2) is 6.39. The van der Waals surface area contributed by atoms with Gasteiger partial charge in [0.15, 0.2) is 0 Å². The summed E-state index contributed by atoms with van der Waals surface area (Å²) in [6, 6.07) is 0.335. The first kappa shape index (κ1) is 15.7. The molecule has 1 fully saturated rings. The molecule has 1 unspecified atom stereocenters. The van der Waals surface area contributed by atoms with E-state index < -0.39 is 18.0 Å². The van der Waals surface area contributed by atoms with Crippen LogP contribution in [-0.4, -0.2) is 60.2 Å². The number of carbonyl (C=O) groups is 2. The summed E-state index contributed by atoms with van der Waals surface area (Å²) < 4.78 is 1.71. The number of nitrogens with one attached hydrogen (secondary N) is 1. The minimum absolute atomic E-state index is 0.107. The third-order valence-corrected chi connectivity index (χ3v) is 3.82. The fourth-order valence-corrected chi connectivity index (χ4v) is 2.46. The number of rotatable bonds is 8. The van der Waals surface area contributed by atoms with E-state index in [0.717, 1.165) is 12.8 Å². The molecule has 2 rings (SSSR count). The Morgan fingerprint density at radius 1 is 1.52 bits per heavy atom. The van der Waals surface area contributed by atoms with Crippen molar-refractivity contribution in [1.29, 1.82) is 0 Å². The molecule has 1 atom stereocenters. The molecule has 10 heteroatoms. The highest BCUT2D eigenvalue weighted by atomic mass is 32.2. The van der Waals surface area contributed by atoms with Gasteiger partial charge in [0.2, 0.25) is 11.1 Å². The summed E-state index contributed by atoms with van der Waals surface area (Å²) in [5, 5.41) is 32.8. The number of hydrogen-bond donors (Lipinski definition) is 3. The first-order valence-corrected chi connectivity index (χ1v) is 7.47. The lowest BCUT2D eigenvalue weighted by molar-refractivity contribution is -0.142. The Balaban J connectivity index is 1.74. The number of aromatic nitrogens is 4. The normalized spacial score (nSPS) is 17.2. The lowest BCUT2D eigenvalue weighted by Crippen LogP contribution is -2.42. The van der Waals surface area contributed by atoms with Crippen molar-refractivity contribution in [2.24, 2.45) is 0 Å². The van der Waals surface area contributed by atoms with Crippen LogP contribution in [0.15, 0.2) is 5.16 Å². The zero-order valence-corrected chi connectivity index (χ0v) is 12.3. The van der Waals surface area contributed by atoms with Gasteiger partial charge in [-0.3, -0.25) is 9.59 Å². The number of carbonyl (C=O) groups excluding carboxylic acids is 1. The topological polar surface area (TPSA) is 130 Å². The summed E-state index contributed by atoms with van der Waals surface area (Å²) in [6.45, 7) is 1.24. The van der Waals surface area contributed by atoms with Crippen LogP contribution >= 0.6 is 11.8 Å². The number of aliphatic hydroxyl groups is 1. The van der Waals surface area contributed by atoms with Gasteiger partial charge in [-0.15, -0.1) is 5.10 Å². The number of hydrogen-bond acceptors (Lipinski definition) is 7. The number of carboxylic acid groups (broad SMARTS) is 1. The molecule has 3 N–H and O–H groups in total. The molecule has 1 amide bonds. The highest BCUT2D eigenvalue weighted by Gasteiger charge is 2.28. The quantitative estimate of drug-likeness (QED) is 0.544. The molecule has 1 saturated carbocycles. The largest absolute Gasteiger partial charge is 0.481 e. The van der Waals surface area contributed by atoms with Crippen molar-refractivity contribution in [3.63, 3.8) is 0 Å². The standard InChI is InChI=1S/C11H17N5O4S/c1-11(20,4-9(18)19)6-12-8(17)5-21-10-13-14-15-16(10)7-2-3-7/h7,20H,2-6H2,1H3,(H,12,17)(H,18,19). The maximum absolute atomic E-state index is 11.7. The smallest absolute Gasteiger partial charge is 0.306 e. The summed E-state index contributed by atoms with van der Waals surface area (Å²) >= 11 is 1.21. The highest BCUT2D eigenvalue weighted by molar-refractivity contribution is 7.99. The van der Waals surface area contributed by atoms with E-state index in [9.17, 15) is 14.7 Å². The van der Waals surface area contributed by atoms with Gasteiger partial charge in [0, 0.05) is 6.54 Å². The highest BCUT2D eigenvalue weighted by Crippen LogP contribution is 2.36. The van der Waals surface area contributed by atoms with Crippen LogP contribution in [0.5, 0.6) is 0 Å². The summed E-state index contributed by atoms with van der Waals surface area (Å²) in [5.41, 5.74) is -1.47. The lowest BCUT2D eigenvalue weighted by Gasteiger charge is -2.21. The van der Waals surface area contributed by atoms with Crippen molar-refractivity contribution in [2.75, 3.05) is 12.3 Å². The summed E-state index contributed by atoms with van der Waals surface area (Å²) in [4.78, 5) is 22.2. The van der Waals surface area contributed by atoms with E-state index in [0.29, 0.717) is 11.2 Å².